The average Bonchev–Trinajstić information content (AvgIpc) is 3.28. The van der Waals surface area contributed by atoms with E-state index in [0.29, 0.717) is 6.42 Å². The van der Waals surface area contributed by atoms with E-state index in [1.807, 2.05) is 13.8 Å². The van der Waals surface area contributed by atoms with Gasteiger partial charge in [-0.05, 0) is 58.6 Å². The lowest BCUT2D eigenvalue weighted by atomic mass is 9.74. The number of hydrogen-bond acceptors (Lipinski definition) is 5. The summed E-state index contributed by atoms with van der Waals surface area (Å²) in [6.45, 7) is 4.55. The fourth-order valence-electron chi connectivity index (χ4n) is 5.52. The average molecular weight is 604 g/mol. The summed E-state index contributed by atoms with van der Waals surface area (Å²) in [7, 11) is 0. The van der Waals surface area contributed by atoms with Gasteiger partial charge in [0.2, 0.25) is 0 Å². The van der Waals surface area contributed by atoms with E-state index in [0.717, 1.165) is 15.8 Å². The normalized spacial score (nSPS) is 24.3. The number of aliphatic carboxylic acids is 1. The zero-order valence-electron chi connectivity index (χ0n) is 22.2. The minimum atomic E-state index is -4.94. The lowest BCUT2D eigenvalue weighted by Gasteiger charge is -2.44. The molecule has 1 saturated heterocycles. The van der Waals surface area contributed by atoms with Gasteiger partial charge in [0.25, 0.3) is 5.91 Å². The van der Waals surface area contributed by atoms with Crippen molar-refractivity contribution >= 4 is 40.9 Å². The topological polar surface area (TPSA) is 102 Å². The van der Waals surface area contributed by atoms with Crippen molar-refractivity contribution in [3.05, 3.63) is 51.3 Å². The van der Waals surface area contributed by atoms with E-state index in [-0.39, 0.29) is 47.8 Å². The number of Topliss-reactive ketones (excluding diaryl/α,β-unsaturated/α-hetero) is 1. The first kappa shape index (κ1) is 30.3. The molecule has 218 valence electrons. The number of ether oxygens (including phenoxy) is 1. The van der Waals surface area contributed by atoms with Crippen LogP contribution in [0, 0.1) is 5.41 Å². The first-order chi connectivity index (χ1) is 18.5. The number of halogens is 5. The van der Waals surface area contributed by atoms with Crippen molar-refractivity contribution in [3.63, 3.8) is 0 Å². The van der Waals surface area contributed by atoms with Gasteiger partial charge in [-0.2, -0.15) is 18.3 Å². The van der Waals surface area contributed by atoms with Gasteiger partial charge in [0, 0.05) is 13.0 Å². The van der Waals surface area contributed by atoms with Crippen LogP contribution < -0.4 is 0 Å². The van der Waals surface area contributed by atoms with E-state index >= 15 is 0 Å². The van der Waals surface area contributed by atoms with Crippen LogP contribution in [0.1, 0.15) is 85.3 Å². The van der Waals surface area contributed by atoms with Crippen molar-refractivity contribution in [2.24, 2.45) is 5.41 Å². The second-order valence-electron chi connectivity index (χ2n) is 11.4. The molecule has 40 heavy (non-hydrogen) atoms. The molecule has 1 aromatic carbocycles. The number of hydrogen-bond donors (Lipinski definition) is 1. The number of amides is 1. The van der Waals surface area contributed by atoms with E-state index in [4.69, 9.17) is 27.9 Å². The summed E-state index contributed by atoms with van der Waals surface area (Å²) in [5, 5.41) is 13.5. The molecule has 1 N–H and O–H groups in total. The zero-order valence-corrected chi connectivity index (χ0v) is 23.7. The monoisotopic (exact) mass is 603 g/mol. The van der Waals surface area contributed by atoms with Crippen LogP contribution in [0.15, 0.2) is 24.4 Å². The fraction of sp³-hybridized carbons (Fsp3) is 0.556. The summed E-state index contributed by atoms with van der Waals surface area (Å²) >= 11 is 12.3. The first-order valence-electron chi connectivity index (χ1n) is 12.8. The van der Waals surface area contributed by atoms with E-state index in [1.54, 1.807) is 13.0 Å². The number of carboxylic acid groups (broad SMARTS) is 1. The van der Waals surface area contributed by atoms with Crippen molar-refractivity contribution in [2.75, 3.05) is 13.1 Å². The highest BCUT2D eigenvalue weighted by Gasteiger charge is 2.46. The van der Waals surface area contributed by atoms with Crippen molar-refractivity contribution in [1.29, 1.82) is 0 Å². The number of carbonyl (C=O) groups excluding carboxylic acids is 2. The predicted octanol–water partition coefficient (Wildman–Crippen LogP) is 6.31. The molecule has 1 amide bonds. The van der Waals surface area contributed by atoms with Crippen molar-refractivity contribution < 1.29 is 37.4 Å². The van der Waals surface area contributed by atoms with Gasteiger partial charge in [0.1, 0.15) is 0 Å². The summed E-state index contributed by atoms with van der Waals surface area (Å²) in [5.74, 6) is -2.67. The Balaban J connectivity index is 1.65. The molecule has 13 heteroatoms. The van der Waals surface area contributed by atoms with Crippen LogP contribution in [-0.4, -0.2) is 62.2 Å². The SMILES string of the molecule is CC1(C)C[C@@H](CN(CC(=O)c2c(Cl)cccc2Cl)C(=O)c2cnn(C3CCC(C)(C(=O)O)CC3)c2C(F)(F)F)O1. The lowest BCUT2D eigenvalue weighted by Crippen LogP contribution is -2.53. The molecule has 0 unspecified atom stereocenters. The standard InChI is InChI=1S/C27H30Cl2F3N3O5/c1-25(2)11-16(40-25)13-34(14-20(36)21-18(28)5-4-6-19(21)29)23(37)17-12-33-35(22(17)27(30,31)32)15-7-9-26(3,10-8-15)24(38)39/h4-6,12,15-16H,7-11,13-14H2,1-3H3,(H,38,39)/t15?,16-,26?/m0/s1. The Morgan fingerprint density at radius 3 is 2.23 bits per heavy atom. The molecule has 0 radical (unpaired) electrons. The van der Waals surface area contributed by atoms with Crippen LogP contribution in [-0.2, 0) is 15.7 Å². The van der Waals surface area contributed by atoms with Crippen LogP contribution in [0.4, 0.5) is 13.2 Å². The number of aromatic nitrogens is 2. The fourth-order valence-corrected chi connectivity index (χ4v) is 6.13. The maximum atomic E-state index is 14.4. The maximum Gasteiger partial charge on any atom is 0.433 e. The molecule has 1 atom stereocenters. The van der Waals surface area contributed by atoms with Crippen LogP contribution >= 0.6 is 23.2 Å². The number of benzene rings is 1. The molecule has 2 aliphatic rings. The van der Waals surface area contributed by atoms with E-state index in [9.17, 15) is 32.7 Å². The largest absolute Gasteiger partial charge is 0.481 e. The molecule has 1 saturated carbocycles. The van der Waals surface area contributed by atoms with Crippen LogP contribution in [0.5, 0.6) is 0 Å². The van der Waals surface area contributed by atoms with Crippen molar-refractivity contribution in [3.8, 4) is 0 Å². The van der Waals surface area contributed by atoms with Gasteiger partial charge >= 0.3 is 12.1 Å². The Kier molecular flexibility index (Phi) is 8.33. The number of carbonyl (C=O) groups is 3. The molecular formula is C27H30Cl2F3N3O5. The van der Waals surface area contributed by atoms with E-state index in [2.05, 4.69) is 5.10 Å². The van der Waals surface area contributed by atoms with Crippen molar-refractivity contribution in [2.45, 2.75) is 76.8 Å². The molecule has 8 nitrogen and oxygen atoms in total. The Morgan fingerprint density at radius 1 is 1.15 bits per heavy atom. The molecule has 2 fully saturated rings. The van der Waals surface area contributed by atoms with Gasteiger partial charge in [0.15, 0.2) is 11.5 Å². The summed E-state index contributed by atoms with van der Waals surface area (Å²) in [5.41, 5.74) is -3.45. The molecule has 1 aliphatic carbocycles. The Bertz CT molecular complexity index is 1290. The van der Waals surface area contributed by atoms with E-state index in [1.165, 1.54) is 12.1 Å². The molecular weight excluding hydrogens is 574 g/mol. The molecule has 2 aromatic rings. The zero-order chi connectivity index (χ0) is 29.6. The minimum Gasteiger partial charge on any atom is -0.481 e. The summed E-state index contributed by atoms with van der Waals surface area (Å²) < 4.78 is 49.8. The molecule has 2 heterocycles. The molecule has 0 bridgehead atoms. The number of alkyl halides is 3. The maximum absolute atomic E-state index is 14.4. The number of rotatable bonds is 8. The second-order valence-corrected chi connectivity index (χ2v) is 12.2. The third-order valence-corrected chi connectivity index (χ3v) is 8.34. The lowest BCUT2D eigenvalue weighted by molar-refractivity contribution is -0.187. The third-order valence-electron chi connectivity index (χ3n) is 7.71. The molecule has 4 rings (SSSR count). The number of nitrogens with zero attached hydrogens (tertiary/aromatic N) is 3. The first-order valence-corrected chi connectivity index (χ1v) is 13.6. The highest BCUT2D eigenvalue weighted by atomic mass is 35.5. The van der Waals surface area contributed by atoms with Crippen LogP contribution in [0.3, 0.4) is 0 Å². The van der Waals surface area contributed by atoms with Gasteiger partial charge in [-0.25, -0.2) is 0 Å². The smallest absolute Gasteiger partial charge is 0.433 e. The molecule has 1 aliphatic heterocycles. The Labute approximate surface area is 239 Å². The summed E-state index contributed by atoms with van der Waals surface area (Å²) in [4.78, 5) is 39.5. The highest BCUT2D eigenvalue weighted by Crippen LogP contribution is 2.43. The number of ketones is 1. The van der Waals surface area contributed by atoms with Crippen molar-refractivity contribution in [1.82, 2.24) is 14.7 Å². The summed E-state index contributed by atoms with van der Waals surface area (Å²) in [6.07, 6.45) is -3.38. The van der Waals surface area contributed by atoms with Gasteiger partial charge in [-0.3, -0.25) is 19.1 Å². The minimum absolute atomic E-state index is 0.0334. The van der Waals surface area contributed by atoms with E-state index < -0.39 is 64.8 Å². The summed E-state index contributed by atoms with van der Waals surface area (Å²) in [6, 6.07) is 3.72. The Morgan fingerprint density at radius 2 is 1.73 bits per heavy atom. The van der Waals surface area contributed by atoms with Crippen LogP contribution in [0.2, 0.25) is 10.0 Å². The van der Waals surface area contributed by atoms with Gasteiger partial charge in [-0.1, -0.05) is 29.3 Å². The Hall–Kier alpha value is -2.63. The quantitative estimate of drug-likeness (QED) is 0.355. The molecule has 0 spiro atoms. The molecule has 1 aromatic heterocycles. The van der Waals surface area contributed by atoms with Gasteiger partial charge in [-0.15, -0.1) is 0 Å². The third kappa shape index (κ3) is 6.16. The number of carboxylic acids is 1. The van der Waals surface area contributed by atoms with Gasteiger partial charge < -0.3 is 14.7 Å². The predicted molar refractivity (Wildman–Crippen MR) is 141 cm³/mol. The van der Waals surface area contributed by atoms with Crippen LogP contribution in [0.25, 0.3) is 0 Å². The van der Waals surface area contributed by atoms with Gasteiger partial charge in [0.05, 0.1) is 57.1 Å². The highest BCUT2D eigenvalue weighted by molar-refractivity contribution is 6.40. The second kappa shape index (κ2) is 11.0.